The standard InChI is InChI=1S/C22H20F3N3O3S/c23-22(24,25)18-4-3-5-20(16-18)32(30,31)28-14-12-27(13-15-28)21(29)17-6-8-19(9-7-17)26-10-1-2-11-26/h1-11,16H,12-15H2. The summed E-state index contributed by atoms with van der Waals surface area (Å²) in [5, 5.41) is 0. The second kappa shape index (κ2) is 8.44. The summed E-state index contributed by atoms with van der Waals surface area (Å²) in [6.07, 6.45) is -0.852. The molecule has 0 atom stereocenters. The lowest BCUT2D eigenvalue weighted by Crippen LogP contribution is -2.50. The molecule has 0 unspecified atom stereocenters. The number of halogens is 3. The molecule has 0 saturated carbocycles. The molecular weight excluding hydrogens is 443 g/mol. The SMILES string of the molecule is O=C(c1ccc(-n2cccc2)cc1)N1CCN(S(=O)(=O)c2cccc(C(F)(F)F)c2)CC1. The lowest BCUT2D eigenvalue weighted by atomic mass is 10.1. The largest absolute Gasteiger partial charge is 0.416 e. The van der Waals surface area contributed by atoms with E-state index in [4.69, 9.17) is 0 Å². The van der Waals surface area contributed by atoms with Gasteiger partial charge in [0.05, 0.1) is 10.5 Å². The van der Waals surface area contributed by atoms with Gasteiger partial charge in [0.2, 0.25) is 10.0 Å². The van der Waals surface area contributed by atoms with E-state index in [0.717, 1.165) is 28.2 Å². The van der Waals surface area contributed by atoms with Crippen molar-refractivity contribution in [3.8, 4) is 5.69 Å². The molecule has 0 aliphatic carbocycles. The summed E-state index contributed by atoms with van der Waals surface area (Å²) < 4.78 is 67.5. The molecule has 10 heteroatoms. The maximum atomic E-state index is 13.0. The molecule has 6 nitrogen and oxygen atoms in total. The van der Waals surface area contributed by atoms with E-state index in [1.54, 1.807) is 17.0 Å². The van der Waals surface area contributed by atoms with Crippen molar-refractivity contribution >= 4 is 15.9 Å². The van der Waals surface area contributed by atoms with E-state index >= 15 is 0 Å². The van der Waals surface area contributed by atoms with Gasteiger partial charge in [-0.2, -0.15) is 17.5 Å². The van der Waals surface area contributed by atoms with Gasteiger partial charge in [-0.05, 0) is 54.6 Å². The third kappa shape index (κ3) is 4.42. The second-order valence-corrected chi connectivity index (χ2v) is 9.30. The lowest BCUT2D eigenvalue weighted by Gasteiger charge is -2.34. The zero-order valence-electron chi connectivity index (χ0n) is 16.9. The van der Waals surface area contributed by atoms with E-state index < -0.39 is 26.7 Å². The number of hydrogen-bond donors (Lipinski definition) is 0. The highest BCUT2D eigenvalue weighted by Gasteiger charge is 2.34. The van der Waals surface area contributed by atoms with Gasteiger partial charge >= 0.3 is 6.18 Å². The number of benzene rings is 2. The molecule has 4 rings (SSSR count). The quantitative estimate of drug-likeness (QED) is 0.594. The number of nitrogens with zero attached hydrogens (tertiary/aromatic N) is 3. The zero-order valence-corrected chi connectivity index (χ0v) is 17.7. The minimum Gasteiger partial charge on any atom is -0.336 e. The third-order valence-electron chi connectivity index (χ3n) is 5.34. The molecule has 1 aliphatic rings. The Labute approximate surface area is 183 Å². The van der Waals surface area contributed by atoms with Crippen LogP contribution in [0.5, 0.6) is 0 Å². The molecule has 0 bridgehead atoms. The fourth-order valence-electron chi connectivity index (χ4n) is 3.58. The molecule has 1 fully saturated rings. The van der Waals surface area contributed by atoms with Gasteiger partial charge in [-0.25, -0.2) is 8.42 Å². The van der Waals surface area contributed by atoms with Gasteiger partial charge in [0.15, 0.2) is 0 Å². The van der Waals surface area contributed by atoms with Crippen LogP contribution in [-0.4, -0.2) is 54.3 Å². The maximum Gasteiger partial charge on any atom is 0.416 e. The summed E-state index contributed by atoms with van der Waals surface area (Å²) in [5.74, 6) is -0.222. The van der Waals surface area contributed by atoms with Crippen molar-refractivity contribution in [2.24, 2.45) is 0 Å². The fourth-order valence-corrected chi connectivity index (χ4v) is 5.05. The molecular formula is C22H20F3N3O3S. The number of carbonyl (C=O) groups excluding carboxylic acids is 1. The Bertz CT molecular complexity index is 1200. The molecule has 168 valence electrons. The molecule has 2 heterocycles. The van der Waals surface area contributed by atoms with E-state index in [0.29, 0.717) is 11.6 Å². The van der Waals surface area contributed by atoms with Crippen LogP contribution in [0.15, 0.2) is 78.0 Å². The molecule has 32 heavy (non-hydrogen) atoms. The van der Waals surface area contributed by atoms with Gasteiger partial charge < -0.3 is 9.47 Å². The summed E-state index contributed by atoms with van der Waals surface area (Å²) >= 11 is 0. The van der Waals surface area contributed by atoms with Crippen LogP contribution in [-0.2, 0) is 16.2 Å². The number of aromatic nitrogens is 1. The van der Waals surface area contributed by atoms with Crippen LogP contribution < -0.4 is 0 Å². The molecule has 1 aromatic heterocycles. The van der Waals surface area contributed by atoms with Crippen LogP contribution in [0.4, 0.5) is 13.2 Å². The van der Waals surface area contributed by atoms with Gasteiger partial charge in [-0.15, -0.1) is 0 Å². The average molecular weight is 463 g/mol. The summed E-state index contributed by atoms with van der Waals surface area (Å²) in [6, 6.07) is 14.5. The number of rotatable bonds is 4. The summed E-state index contributed by atoms with van der Waals surface area (Å²) in [7, 11) is -4.10. The summed E-state index contributed by atoms with van der Waals surface area (Å²) in [6.45, 7) is 0.310. The fraction of sp³-hybridized carbons (Fsp3) is 0.227. The van der Waals surface area contributed by atoms with E-state index in [2.05, 4.69) is 0 Å². The van der Waals surface area contributed by atoms with E-state index in [1.807, 2.05) is 41.2 Å². The highest BCUT2D eigenvalue weighted by molar-refractivity contribution is 7.89. The first-order chi connectivity index (χ1) is 15.2. The number of amides is 1. The van der Waals surface area contributed by atoms with Crippen molar-refractivity contribution < 1.29 is 26.4 Å². The summed E-state index contributed by atoms with van der Waals surface area (Å²) in [5.41, 5.74) is 0.370. The minimum atomic E-state index is -4.63. The van der Waals surface area contributed by atoms with Crippen molar-refractivity contribution in [2.75, 3.05) is 26.2 Å². The van der Waals surface area contributed by atoms with Gasteiger partial charge in [0, 0.05) is 49.8 Å². The molecule has 1 amide bonds. The normalized spacial score (nSPS) is 15.7. The third-order valence-corrected chi connectivity index (χ3v) is 7.24. The monoisotopic (exact) mass is 463 g/mol. The maximum absolute atomic E-state index is 13.0. The van der Waals surface area contributed by atoms with Crippen molar-refractivity contribution in [3.05, 3.63) is 84.2 Å². The van der Waals surface area contributed by atoms with Crippen LogP contribution in [0.2, 0.25) is 0 Å². The Balaban J connectivity index is 1.43. The number of piperazine rings is 1. The topological polar surface area (TPSA) is 62.6 Å². The highest BCUT2D eigenvalue weighted by atomic mass is 32.2. The molecule has 1 aliphatic heterocycles. The molecule has 2 aromatic carbocycles. The number of hydrogen-bond acceptors (Lipinski definition) is 3. The van der Waals surface area contributed by atoms with Gasteiger partial charge in [-0.3, -0.25) is 4.79 Å². The number of alkyl halides is 3. The van der Waals surface area contributed by atoms with Crippen molar-refractivity contribution in [1.29, 1.82) is 0 Å². The predicted octanol–water partition coefficient (Wildman–Crippen LogP) is 3.64. The Morgan fingerprint density at radius 2 is 1.47 bits per heavy atom. The van der Waals surface area contributed by atoms with Gasteiger partial charge in [-0.1, -0.05) is 6.07 Å². The van der Waals surface area contributed by atoms with Crippen LogP contribution in [0, 0.1) is 0 Å². The van der Waals surface area contributed by atoms with Crippen LogP contribution >= 0.6 is 0 Å². The second-order valence-electron chi connectivity index (χ2n) is 7.36. The number of carbonyl (C=O) groups is 1. The Morgan fingerprint density at radius 1 is 0.844 bits per heavy atom. The Kier molecular flexibility index (Phi) is 5.83. The minimum absolute atomic E-state index is 0.00572. The van der Waals surface area contributed by atoms with Crippen LogP contribution in [0.25, 0.3) is 5.69 Å². The van der Waals surface area contributed by atoms with Crippen molar-refractivity contribution in [3.63, 3.8) is 0 Å². The van der Waals surface area contributed by atoms with Gasteiger partial charge in [0.25, 0.3) is 5.91 Å². The van der Waals surface area contributed by atoms with Crippen molar-refractivity contribution in [1.82, 2.24) is 13.8 Å². The van der Waals surface area contributed by atoms with E-state index in [9.17, 15) is 26.4 Å². The first-order valence-electron chi connectivity index (χ1n) is 9.86. The van der Waals surface area contributed by atoms with Crippen LogP contribution in [0.3, 0.4) is 0 Å². The Morgan fingerprint density at radius 3 is 2.06 bits per heavy atom. The number of sulfonamides is 1. The lowest BCUT2D eigenvalue weighted by molar-refractivity contribution is -0.137. The smallest absolute Gasteiger partial charge is 0.336 e. The highest BCUT2D eigenvalue weighted by Crippen LogP contribution is 2.31. The molecule has 3 aromatic rings. The van der Waals surface area contributed by atoms with Gasteiger partial charge in [0.1, 0.15) is 0 Å². The first-order valence-corrected chi connectivity index (χ1v) is 11.3. The van der Waals surface area contributed by atoms with E-state index in [-0.39, 0.29) is 32.1 Å². The molecule has 0 spiro atoms. The van der Waals surface area contributed by atoms with E-state index in [1.165, 1.54) is 0 Å². The predicted molar refractivity (Wildman–Crippen MR) is 112 cm³/mol. The zero-order chi connectivity index (χ0) is 22.9. The van der Waals surface area contributed by atoms with Crippen LogP contribution in [0.1, 0.15) is 15.9 Å². The first kappa shape index (κ1) is 22.1. The molecule has 0 radical (unpaired) electrons. The Hall–Kier alpha value is -3.11. The molecule has 1 saturated heterocycles. The average Bonchev–Trinajstić information content (AvgIpc) is 3.33. The summed E-state index contributed by atoms with van der Waals surface area (Å²) in [4.78, 5) is 13.9. The molecule has 0 N–H and O–H groups in total. The van der Waals surface area contributed by atoms with Crippen molar-refractivity contribution in [2.45, 2.75) is 11.1 Å².